The van der Waals surface area contributed by atoms with Crippen LogP contribution in [0.3, 0.4) is 0 Å². The third kappa shape index (κ3) is 3.12. The lowest BCUT2D eigenvalue weighted by Gasteiger charge is -2.29. The Hall–Kier alpha value is -1.78. The fourth-order valence-electron chi connectivity index (χ4n) is 1.92. The number of nitrogens with zero attached hydrogens (tertiary/aromatic N) is 3. The molecule has 0 aliphatic heterocycles. The molecular formula is C13H22N4O. The highest BCUT2D eigenvalue weighted by Gasteiger charge is 2.14. The van der Waals surface area contributed by atoms with Crippen molar-refractivity contribution < 1.29 is 5.21 Å². The lowest BCUT2D eigenvalue weighted by Crippen LogP contribution is -2.33. The summed E-state index contributed by atoms with van der Waals surface area (Å²) in [6.07, 6.45) is 1.04. The van der Waals surface area contributed by atoms with Gasteiger partial charge >= 0.3 is 0 Å². The van der Waals surface area contributed by atoms with E-state index >= 15 is 0 Å². The van der Waals surface area contributed by atoms with Gasteiger partial charge in [-0.3, -0.25) is 0 Å². The summed E-state index contributed by atoms with van der Waals surface area (Å²) < 4.78 is 0. The normalized spacial score (nSPS) is 13.4. The number of nitrogens with two attached hydrogens (primary N) is 1. The summed E-state index contributed by atoms with van der Waals surface area (Å²) in [5, 5.41) is 11.8. The first-order valence-electron chi connectivity index (χ1n) is 6.26. The molecule has 0 fully saturated rings. The van der Waals surface area contributed by atoms with E-state index in [0.29, 0.717) is 11.6 Å². The Morgan fingerprint density at radius 3 is 2.67 bits per heavy atom. The van der Waals surface area contributed by atoms with Crippen LogP contribution in [-0.2, 0) is 0 Å². The van der Waals surface area contributed by atoms with Crippen LogP contribution in [0.5, 0.6) is 0 Å². The summed E-state index contributed by atoms with van der Waals surface area (Å²) in [5.74, 6) is 0.982. The molecule has 18 heavy (non-hydrogen) atoms. The summed E-state index contributed by atoms with van der Waals surface area (Å²) in [4.78, 5) is 6.73. The zero-order valence-corrected chi connectivity index (χ0v) is 11.5. The van der Waals surface area contributed by atoms with Gasteiger partial charge in [-0.05, 0) is 39.3 Å². The van der Waals surface area contributed by atoms with Crippen molar-refractivity contribution in [2.75, 3.05) is 11.4 Å². The second-order valence-corrected chi connectivity index (χ2v) is 4.38. The Labute approximate surface area is 108 Å². The molecule has 0 saturated carbocycles. The van der Waals surface area contributed by atoms with Gasteiger partial charge in [0.2, 0.25) is 0 Å². The van der Waals surface area contributed by atoms with Gasteiger partial charge in [-0.25, -0.2) is 4.98 Å². The molecule has 1 unspecified atom stereocenters. The molecule has 1 atom stereocenters. The summed E-state index contributed by atoms with van der Waals surface area (Å²) in [5.41, 5.74) is 7.19. The van der Waals surface area contributed by atoms with Crippen molar-refractivity contribution in [1.82, 2.24) is 4.98 Å². The van der Waals surface area contributed by atoms with Gasteiger partial charge in [0.05, 0.1) is 0 Å². The lowest BCUT2D eigenvalue weighted by atomic mass is 10.1. The van der Waals surface area contributed by atoms with Crippen LogP contribution < -0.4 is 10.6 Å². The first-order chi connectivity index (χ1) is 8.53. The predicted octanol–water partition coefficient (Wildman–Crippen LogP) is 2.11. The van der Waals surface area contributed by atoms with E-state index in [2.05, 4.69) is 35.8 Å². The molecule has 1 rings (SSSR count). The number of hydrogen-bond donors (Lipinski definition) is 2. The molecule has 0 saturated heterocycles. The first kappa shape index (κ1) is 14.3. The second-order valence-electron chi connectivity index (χ2n) is 4.38. The van der Waals surface area contributed by atoms with Crippen LogP contribution in [0.15, 0.2) is 17.3 Å². The minimum Gasteiger partial charge on any atom is -0.409 e. The zero-order chi connectivity index (χ0) is 13.7. The number of amidine groups is 1. The predicted molar refractivity (Wildman–Crippen MR) is 74.3 cm³/mol. The Kier molecular flexibility index (Phi) is 4.95. The molecule has 1 aromatic rings. The van der Waals surface area contributed by atoms with Gasteiger partial charge in [-0.2, -0.15) is 0 Å². The molecule has 0 aliphatic carbocycles. The first-order valence-corrected chi connectivity index (χ1v) is 6.26. The zero-order valence-electron chi connectivity index (χ0n) is 11.5. The maximum atomic E-state index is 8.75. The maximum absolute atomic E-state index is 8.75. The van der Waals surface area contributed by atoms with Gasteiger partial charge in [0.15, 0.2) is 5.84 Å². The van der Waals surface area contributed by atoms with Crippen LogP contribution in [0, 0.1) is 6.92 Å². The molecule has 5 heteroatoms. The number of aromatic nitrogens is 1. The third-order valence-corrected chi connectivity index (χ3v) is 3.10. The van der Waals surface area contributed by atoms with E-state index in [1.165, 1.54) is 0 Å². The molecule has 1 heterocycles. The van der Waals surface area contributed by atoms with Gasteiger partial charge in [-0.1, -0.05) is 12.1 Å². The average Bonchev–Trinajstić information content (AvgIpc) is 2.37. The highest BCUT2D eigenvalue weighted by molar-refractivity contribution is 5.97. The molecule has 0 radical (unpaired) electrons. The fourth-order valence-corrected chi connectivity index (χ4v) is 1.92. The lowest BCUT2D eigenvalue weighted by molar-refractivity contribution is 0.318. The largest absolute Gasteiger partial charge is 0.409 e. The quantitative estimate of drug-likeness (QED) is 0.363. The molecule has 0 amide bonds. The Morgan fingerprint density at radius 1 is 1.50 bits per heavy atom. The topological polar surface area (TPSA) is 74.7 Å². The number of rotatable bonds is 5. The van der Waals surface area contributed by atoms with E-state index in [1.807, 2.05) is 19.1 Å². The molecule has 0 aromatic carbocycles. The van der Waals surface area contributed by atoms with Crippen molar-refractivity contribution in [2.24, 2.45) is 10.9 Å². The van der Waals surface area contributed by atoms with E-state index < -0.39 is 0 Å². The van der Waals surface area contributed by atoms with E-state index in [9.17, 15) is 0 Å². The van der Waals surface area contributed by atoms with E-state index in [0.717, 1.165) is 24.5 Å². The monoisotopic (exact) mass is 250 g/mol. The molecule has 0 aliphatic rings. The van der Waals surface area contributed by atoms with E-state index in [4.69, 9.17) is 10.9 Å². The SMILES string of the molecule is CCC(C)N(CC)c1cc(/C(N)=N/O)cc(C)n1. The molecular weight excluding hydrogens is 228 g/mol. The molecule has 0 bridgehead atoms. The second kappa shape index (κ2) is 6.23. The van der Waals surface area contributed by atoms with Crippen molar-refractivity contribution in [3.05, 3.63) is 23.4 Å². The summed E-state index contributed by atoms with van der Waals surface area (Å²) >= 11 is 0. The molecule has 1 aromatic heterocycles. The molecule has 0 spiro atoms. The van der Waals surface area contributed by atoms with Crippen molar-refractivity contribution in [3.8, 4) is 0 Å². The number of pyridine rings is 1. The number of hydrogen-bond acceptors (Lipinski definition) is 4. The average molecular weight is 250 g/mol. The minimum absolute atomic E-state index is 0.113. The van der Waals surface area contributed by atoms with Crippen LogP contribution in [0.1, 0.15) is 38.4 Å². The standard InChI is InChI=1S/C13H22N4O/c1-5-10(4)17(6-2)12-8-11(13(14)16-18)7-9(3)15-12/h7-8,10,18H,5-6H2,1-4H3,(H2,14,16). The number of oxime groups is 1. The Bertz CT molecular complexity index is 431. The number of anilines is 1. The van der Waals surface area contributed by atoms with Gasteiger partial charge in [0.1, 0.15) is 5.82 Å². The Balaban J connectivity index is 3.19. The van der Waals surface area contributed by atoms with Crippen molar-refractivity contribution in [2.45, 2.75) is 40.2 Å². The van der Waals surface area contributed by atoms with E-state index in [1.54, 1.807) is 0 Å². The van der Waals surface area contributed by atoms with Crippen LogP contribution in [0.4, 0.5) is 5.82 Å². The van der Waals surface area contributed by atoms with Crippen LogP contribution in [-0.4, -0.2) is 28.6 Å². The minimum atomic E-state index is 0.113. The molecule has 5 nitrogen and oxygen atoms in total. The maximum Gasteiger partial charge on any atom is 0.170 e. The van der Waals surface area contributed by atoms with Gasteiger partial charge in [0.25, 0.3) is 0 Å². The van der Waals surface area contributed by atoms with Gasteiger partial charge in [0, 0.05) is 23.8 Å². The Morgan fingerprint density at radius 2 is 2.17 bits per heavy atom. The van der Waals surface area contributed by atoms with E-state index in [-0.39, 0.29) is 5.84 Å². The summed E-state index contributed by atoms with van der Waals surface area (Å²) in [7, 11) is 0. The summed E-state index contributed by atoms with van der Waals surface area (Å²) in [6, 6.07) is 4.07. The van der Waals surface area contributed by atoms with Gasteiger partial charge in [-0.15, -0.1) is 0 Å². The fraction of sp³-hybridized carbons (Fsp3) is 0.538. The highest BCUT2D eigenvalue weighted by atomic mass is 16.4. The van der Waals surface area contributed by atoms with Crippen LogP contribution >= 0.6 is 0 Å². The van der Waals surface area contributed by atoms with Gasteiger partial charge < -0.3 is 15.8 Å². The smallest absolute Gasteiger partial charge is 0.170 e. The van der Waals surface area contributed by atoms with Crippen molar-refractivity contribution in [3.63, 3.8) is 0 Å². The van der Waals surface area contributed by atoms with Crippen LogP contribution in [0.2, 0.25) is 0 Å². The van der Waals surface area contributed by atoms with Crippen LogP contribution in [0.25, 0.3) is 0 Å². The summed E-state index contributed by atoms with van der Waals surface area (Å²) in [6.45, 7) is 9.19. The number of aryl methyl sites for hydroxylation is 1. The highest BCUT2D eigenvalue weighted by Crippen LogP contribution is 2.18. The third-order valence-electron chi connectivity index (χ3n) is 3.10. The van der Waals surface area contributed by atoms with Crippen molar-refractivity contribution >= 4 is 11.7 Å². The van der Waals surface area contributed by atoms with Crippen molar-refractivity contribution in [1.29, 1.82) is 0 Å². The molecule has 3 N–H and O–H groups in total. The molecule has 100 valence electrons.